The summed E-state index contributed by atoms with van der Waals surface area (Å²) < 4.78 is 10.8. The number of nitrogens with one attached hydrogen (secondary N) is 1. The average Bonchev–Trinajstić information content (AvgIpc) is 2.74. The van der Waals surface area contributed by atoms with Gasteiger partial charge in [-0.2, -0.15) is 0 Å². The van der Waals surface area contributed by atoms with Gasteiger partial charge in [0, 0.05) is 29.4 Å². The lowest BCUT2D eigenvalue weighted by molar-refractivity contribution is 0.0960. The summed E-state index contributed by atoms with van der Waals surface area (Å²) >= 11 is 1.27. The van der Waals surface area contributed by atoms with Gasteiger partial charge in [0.1, 0.15) is 6.61 Å². The van der Waals surface area contributed by atoms with Crippen molar-refractivity contribution in [1.29, 1.82) is 0 Å². The van der Waals surface area contributed by atoms with E-state index in [4.69, 9.17) is 5.11 Å². The van der Waals surface area contributed by atoms with E-state index in [1.165, 1.54) is 11.3 Å². The highest BCUT2D eigenvalue weighted by atomic mass is 32.2. The molecular formula is C11H13NO3S2. The summed E-state index contributed by atoms with van der Waals surface area (Å²) in [5, 5.41) is 11.2. The second kappa shape index (κ2) is 7.22. The minimum atomic E-state index is -0.899. The van der Waals surface area contributed by atoms with Crippen molar-refractivity contribution in [3.8, 4) is 11.8 Å². The third-order valence-electron chi connectivity index (χ3n) is 1.80. The minimum absolute atomic E-state index is 0.183. The van der Waals surface area contributed by atoms with Gasteiger partial charge >= 0.3 is 0 Å². The topological polar surface area (TPSA) is 66.4 Å². The molecule has 92 valence electrons. The third-order valence-corrected chi connectivity index (χ3v) is 3.57. The van der Waals surface area contributed by atoms with Crippen LogP contribution in [-0.4, -0.2) is 40.4 Å². The number of rotatable bonds is 4. The van der Waals surface area contributed by atoms with Crippen molar-refractivity contribution in [2.75, 3.05) is 25.2 Å². The van der Waals surface area contributed by atoms with Gasteiger partial charge in [-0.3, -0.25) is 9.00 Å². The summed E-state index contributed by atoms with van der Waals surface area (Å²) in [5.41, 5.74) is 0. The molecule has 0 aliphatic heterocycles. The molecule has 0 fully saturated rings. The average molecular weight is 271 g/mol. The standard InChI is InChI=1S/C11H13NO3S2/c1-17(15)8-6-12-11(14)10-5-4-9(16-10)3-2-7-13/h4-5,13H,6-8H2,1H3,(H,12,14). The predicted molar refractivity (Wildman–Crippen MR) is 69.5 cm³/mol. The van der Waals surface area contributed by atoms with Crippen LogP contribution in [0.25, 0.3) is 0 Å². The van der Waals surface area contributed by atoms with Gasteiger partial charge in [-0.25, -0.2) is 0 Å². The van der Waals surface area contributed by atoms with Crippen molar-refractivity contribution in [3.63, 3.8) is 0 Å². The van der Waals surface area contributed by atoms with Gasteiger partial charge in [-0.05, 0) is 12.1 Å². The van der Waals surface area contributed by atoms with E-state index in [1.54, 1.807) is 18.4 Å². The number of carbonyl (C=O) groups excluding carboxylic acids is 1. The number of aliphatic hydroxyl groups is 1. The molecule has 2 N–H and O–H groups in total. The summed E-state index contributed by atoms with van der Waals surface area (Å²) in [5.74, 6) is 5.52. The molecule has 0 aliphatic rings. The third kappa shape index (κ3) is 5.13. The molecule has 0 saturated heterocycles. The SMILES string of the molecule is CS(=O)CCNC(=O)c1ccc(C#CCO)s1. The first-order chi connectivity index (χ1) is 8.13. The molecule has 0 aliphatic carbocycles. The first-order valence-corrected chi connectivity index (χ1v) is 7.45. The van der Waals surface area contributed by atoms with Gasteiger partial charge in [-0.15, -0.1) is 11.3 Å². The summed E-state index contributed by atoms with van der Waals surface area (Å²) in [6, 6.07) is 3.42. The number of thiophene rings is 1. The van der Waals surface area contributed by atoms with Gasteiger partial charge in [0.25, 0.3) is 5.91 Å². The van der Waals surface area contributed by atoms with E-state index in [-0.39, 0.29) is 12.5 Å². The van der Waals surface area contributed by atoms with Crippen LogP contribution in [0.15, 0.2) is 12.1 Å². The monoisotopic (exact) mass is 271 g/mol. The predicted octanol–water partition coefficient (Wildman–Crippen LogP) is 0.200. The Kier molecular flexibility index (Phi) is 5.91. The van der Waals surface area contributed by atoms with Crippen LogP contribution in [0.5, 0.6) is 0 Å². The Labute approximate surface area is 107 Å². The maximum Gasteiger partial charge on any atom is 0.261 e. The molecule has 1 atom stereocenters. The Morgan fingerprint density at radius 1 is 1.59 bits per heavy atom. The number of hydrogen-bond donors (Lipinski definition) is 2. The molecular weight excluding hydrogens is 258 g/mol. The molecule has 0 spiro atoms. The van der Waals surface area contributed by atoms with E-state index < -0.39 is 10.8 Å². The molecule has 17 heavy (non-hydrogen) atoms. The summed E-state index contributed by atoms with van der Waals surface area (Å²) in [7, 11) is -0.899. The maximum atomic E-state index is 11.6. The minimum Gasteiger partial charge on any atom is -0.384 e. The highest BCUT2D eigenvalue weighted by Gasteiger charge is 2.07. The zero-order chi connectivity index (χ0) is 12.7. The number of amides is 1. The van der Waals surface area contributed by atoms with Crippen molar-refractivity contribution in [2.45, 2.75) is 0 Å². The van der Waals surface area contributed by atoms with Crippen LogP contribution >= 0.6 is 11.3 Å². The first-order valence-electron chi connectivity index (χ1n) is 4.91. The molecule has 0 saturated carbocycles. The van der Waals surface area contributed by atoms with Crippen LogP contribution in [-0.2, 0) is 10.8 Å². The smallest absolute Gasteiger partial charge is 0.261 e. The summed E-state index contributed by atoms with van der Waals surface area (Å²) in [6.07, 6.45) is 1.60. The van der Waals surface area contributed by atoms with E-state index in [2.05, 4.69) is 17.2 Å². The van der Waals surface area contributed by atoms with Gasteiger partial charge < -0.3 is 10.4 Å². The fraction of sp³-hybridized carbons (Fsp3) is 0.364. The molecule has 0 radical (unpaired) electrons. The van der Waals surface area contributed by atoms with E-state index in [1.807, 2.05) is 0 Å². The molecule has 0 bridgehead atoms. The van der Waals surface area contributed by atoms with Crippen LogP contribution in [0.1, 0.15) is 14.5 Å². The Balaban J connectivity index is 2.52. The Hall–Kier alpha value is -1.16. The van der Waals surface area contributed by atoms with Crippen molar-refractivity contribution in [3.05, 3.63) is 21.9 Å². The molecule has 0 aromatic carbocycles. The van der Waals surface area contributed by atoms with Gasteiger partial charge in [-0.1, -0.05) is 11.8 Å². The van der Waals surface area contributed by atoms with Crippen LogP contribution < -0.4 is 5.32 Å². The van der Waals surface area contributed by atoms with Gasteiger partial charge in [0.15, 0.2) is 0 Å². The lowest BCUT2D eigenvalue weighted by Crippen LogP contribution is -2.26. The molecule has 1 unspecified atom stereocenters. The van der Waals surface area contributed by atoms with Crippen molar-refractivity contribution in [2.24, 2.45) is 0 Å². The second-order valence-corrected chi connectivity index (χ2v) is 5.80. The Morgan fingerprint density at radius 3 is 3.00 bits per heavy atom. The molecule has 1 aromatic rings. The zero-order valence-electron chi connectivity index (χ0n) is 9.36. The molecule has 6 heteroatoms. The van der Waals surface area contributed by atoms with E-state index >= 15 is 0 Å². The zero-order valence-corrected chi connectivity index (χ0v) is 11.0. The summed E-state index contributed by atoms with van der Waals surface area (Å²) in [6.45, 7) is 0.208. The molecule has 1 heterocycles. The molecule has 1 aromatic heterocycles. The van der Waals surface area contributed by atoms with Crippen LogP contribution in [0.4, 0.5) is 0 Å². The first kappa shape index (κ1) is 13.9. The number of aliphatic hydroxyl groups excluding tert-OH is 1. The Bertz CT molecular complexity index is 471. The molecule has 1 amide bonds. The molecule has 4 nitrogen and oxygen atoms in total. The van der Waals surface area contributed by atoms with Gasteiger partial charge in [0.05, 0.1) is 9.75 Å². The number of carbonyl (C=O) groups is 1. The van der Waals surface area contributed by atoms with Gasteiger partial charge in [0.2, 0.25) is 0 Å². The Morgan fingerprint density at radius 2 is 2.35 bits per heavy atom. The lowest BCUT2D eigenvalue weighted by Gasteiger charge is -2.00. The van der Waals surface area contributed by atoms with Crippen LogP contribution in [0.3, 0.4) is 0 Å². The quantitative estimate of drug-likeness (QED) is 0.769. The maximum absolute atomic E-state index is 11.6. The van der Waals surface area contributed by atoms with Crippen LogP contribution in [0.2, 0.25) is 0 Å². The van der Waals surface area contributed by atoms with E-state index in [0.717, 1.165) is 4.88 Å². The fourth-order valence-corrected chi connectivity index (χ4v) is 2.24. The largest absolute Gasteiger partial charge is 0.384 e. The van der Waals surface area contributed by atoms with E-state index in [0.29, 0.717) is 17.2 Å². The van der Waals surface area contributed by atoms with Crippen molar-refractivity contribution >= 4 is 28.0 Å². The van der Waals surface area contributed by atoms with Crippen molar-refractivity contribution in [1.82, 2.24) is 5.32 Å². The normalized spacial score (nSPS) is 11.4. The molecule has 1 rings (SSSR count). The lowest BCUT2D eigenvalue weighted by atomic mass is 10.4. The second-order valence-electron chi connectivity index (χ2n) is 3.16. The highest BCUT2D eigenvalue weighted by Crippen LogP contribution is 2.14. The van der Waals surface area contributed by atoms with E-state index in [9.17, 15) is 9.00 Å². The van der Waals surface area contributed by atoms with Crippen LogP contribution in [0, 0.1) is 11.8 Å². The van der Waals surface area contributed by atoms with Crippen molar-refractivity contribution < 1.29 is 14.1 Å². The summed E-state index contributed by atoms with van der Waals surface area (Å²) in [4.78, 5) is 12.9. The number of hydrogen-bond acceptors (Lipinski definition) is 4. The highest BCUT2D eigenvalue weighted by molar-refractivity contribution is 7.84. The fourth-order valence-electron chi connectivity index (χ4n) is 1.05.